The van der Waals surface area contributed by atoms with Gasteiger partial charge in [-0.15, -0.1) is 0 Å². The highest BCUT2D eigenvalue weighted by atomic mass is 32.2. The summed E-state index contributed by atoms with van der Waals surface area (Å²) in [5, 5.41) is 15.6. The van der Waals surface area contributed by atoms with E-state index in [4.69, 9.17) is 0 Å². The SMILES string of the molecule is CC1(C)c2sc(=O)n(CC(=O)Nc3ccc4ccccc4c3)c2SC2C(=O)N(c3ccc([N+](=O)[O-])cc3)C(=O)C21. The maximum Gasteiger partial charge on any atom is 0.308 e. The van der Waals surface area contributed by atoms with Crippen LogP contribution in [0.25, 0.3) is 10.8 Å². The molecule has 202 valence electrons. The molecule has 12 heteroatoms. The van der Waals surface area contributed by atoms with Crippen molar-refractivity contribution >= 4 is 68.7 Å². The summed E-state index contributed by atoms with van der Waals surface area (Å²) in [5.74, 6) is -2.02. The number of fused-ring (bicyclic) bond motifs is 3. The fourth-order valence-corrected chi connectivity index (χ4v) is 8.39. The molecule has 4 aromatic rings. The number of hydrogen-bond acceptors (Lipinski definition) is 8. The first-order valence-corrected chi connectivity index (χ1v) is 14.1. The smallest absolute Gasteiger partial charge is 0.308 e. The van der Waals surface area contributed by atoms with Gasteiger partial charge in [0.05, 0.1) is 21.6 Å². The molecule has 1 fully saturated rings. The van der Waals surface area contributed by atoms with Gasteiger partial charge in [-0.05, 0) is 35.0 Å². The van der Waals surface area contributed by atoms with Gasteiger partial charge in [-0.2, -0.15) is 0 Å². The number of thioether (sulfide) groups is 1. The Balaban J connectivity index is 1.28. The van der Waals surface area contributed by atoms with E-state index in [-0.39, 0.29) is 28.7 Å². The summed E-state index contributed by atoms with van der Waals surface area (Å²) in [6.45, 7) is 3.40. The second-order valence-corrected chi connectivity index (χ2v) is 12.3. The highest BCUT2D eigenvalue weighted by Crippen LogP contribution is 2.54. The zero-order chi connectivity index (χ0) is 28.3. The Morgan fingerprint density at radius 2 is 1.70 bits per heavy atom. The highest BCUT2D eigenvalue weighted by molar-refractivity contribution is 8.00. The Morgan fingerprint density at radius 3 is 2.40 bits per heavy atom. The van der Waals surface area contributed by atoms with Crippen LogP contribution in [0, 0.1) is 16.0 Å². The molecule has 0 bridgehead atoms. The normalized spacial score (nSPS) is 19.4. The average Bonchev–Trinajstić information content (AvgIpc) is 3.37. The largest absolute Gasteiger partial charge is 0.325 e. The van der Waals surface area contributed by atoms with Crippen LogP contribution in [0.4, 0.5) is 17.1 Å². The third-order valence-corrected chi connectivity index (χ3v) is 10.2. The lowest BCUT2D eigenvalue weighted by Gasteiger charge is -2.36. The summed E-state index contributed by atoms with van der Waals surface area (Å²) in [6.07, 6.45) is 0. The van der Waals surface area contributed by atoms with Gasteiger partial charge in [0.2, 0.25) is 17.7 Å². The molecule has 0 aliphatic carbocycles. The van der Waals surface area contributed by atoms with E-state index in [1.54, 1.807) is 6.07 Å². The molecule has 40 heavy (non-hydrogen) atoms. The van der Waals surface area contributed by atoms with E-state index in [1.165, 1.54) is 28.8 Å². The number of thiazole rings is 1. The number of aromatic nitrogens is 1. The van der Waals surface area contributed by atoms with Crippen LogP contribution in [0.3, 0.4) is 0 Å². The monoisotopic (exact) mass is 574 g/mol. The van der Waals surface area contributed by atoms with Crippen molar-refractivity contribution < 1.29 is 19.3 Å². The fraction of sp³-hybridized carbons (Fsp3) is 0.214. The van der Waals surface area contributed by atoms with Crippen LogP contribution in [0.1, 0.15) is 18.7 Å². The molecule has 3 heterocycles. The first-order valence-electron chi connectivity index (χ1n) is 12.4. The second kappa shape index (κ2) is 9.42. The molecular weight excluding hydrogens is 552 g/mol. The summed E-state index contributed by atoms with van der Waals surface area (Å²) >= 11 is 2.10. The quantitative estimate of drug-likeness (QED) is 0.210. The molecule has 0 radical (unpaired) electrons. The molecule has 3 amide bonds. The molecule has 2 aliphatic rings. The number of rotatable bonds is 5. The molecule has 0 saturated carbocycles. The minimum absolute atomic E-state index is 0.150. The molecule has 2 aliphatic heterocycles. The zero-order valence-electron chi connectivity index (χ0n) is 21.3. The van der Waals surface area contributed by atoms with Gasteiger partial charge in [-0.25, -0.2) is 4.90 Å². The van der Waals surface area contributed by atoms with Gasteiger partial charge < -0.3 is 5.32 Å². The lowest BCUT2D eigenvalue weighted by Crippen LogP contribution is -2.41. The van der Waals surface area contributed by atoms with Crippen LogP contribution >= 0.6 is 23.1 Å². The fourth-order valence-electron chi connectivity index (χ4n) is 5.36. The van der Waals surface area contributed by atoms with Crippen molar-refractivity contribution in [2.24, 2.45) is 5.92 Å². The highest BCUT2D eigenvalue weighted by Gasteiger charge is 2.59. The first-order chi connectivity index (χ1) is 19.1. The van der Waals surface area contributed by atoms with Gasteiger partial charge in [0.1, 0.15) is 11.8 Å². The number of amides is 3. The maximum atomic E-state index is 13.6. The lowest BCUT2D eigenvalue weighted by atomic mass is 9.76. The minimum atomic E-state index is -0.864. The summed E-state index contributed by atoms with van der Waals surface area (Å²) < 4.78 is 1.37. The van der Waals surface area contributed by atoms with Crippen LogP contribution in [0.2, 0.25) is 0 Å². The van der Waals surface area contributed by atoms with Crippen molar-refractivity contribution in [2.45, 2.75) is 36.1 Å². The number of carbonyl (C=O) groups excluding carboxylic acids is 3. The van der Waals surface area contributed by atoms with Gasteiger partial charge in [-0.3, -0.25) is 33.9 Å². The van der Waals surface area contributed by atoms with E-state index >= 15 is 0 Å². The summed E-state index contributed by atoms with van der Waals surface area (Å²) in [7, 11) is 0. The first kappa shape index (κ1) is 26.0. The summed E-state index contributed by atoms with van der Waals surface area (Å²) in [5.41, 5.74) is -0.161. The molecular formula is C28H22N4O6S2. The van der Waals surface area contributed by atoms with Crippen LogP contribution < -0.4 is 15.1 Å². The number of carbonyl (C=O) groups is 3. The van der Waals surface area contributed by atoms with E-state index in [2.05, 4.69) is 5.32 Å². The number of hydrogen-bond donors (Lipinski definition) is 1. The van der Waals surface area contributed by atoms with E-state index in [9.17, 15) is 29.3 Å². The Bertz CT molecular complexity index is 1790. The Labute approximate surface area is 235 Å². The molecule has 3 aromatic carbocycles. The Hall–Kier alpha value is -4.29. The van der Waals surface area contributed by atoms with E-state index in [0.717, 1.165) is 38.8 Å². The number of nitrogens with zero attached hydrogens (tertiary/aromatic N) is 3. The van der Waals surface area contributed by atoms with Gasteiger partial charge in [0, 0.05) is 28.1 Å². The standard InChI is InChI=1S/C28H22N4O6S2/c1-28(2)21-22(25(35)31(24(21)34)18-9-11-19(12-10-18)32(37)38)39-26-23(28)40-27(36)30(26)14-20(33)29-17-8-7-15-5-3-4-6-16(15)13-17/h3-13,21-22H,14H2,1-2H3,(H,29,33). The molecule has 1 saturated heterocycles. The molecule has 1 N–H and O–H groups in total. The predicted molar refractivity (Wildman–Crippen MR) is 153 cm³/mol. The number of non-ortho nitro benzene ring substituents is 1. The molecule has 2 unspecified atom stereocenters. The van der Waals surface area contributed by atoms with Crippen LogP contribution in [-0.4, -0.2) is 32.5 Å². The topological polar surface area (TPSA) is 132 Å². The molecule has 10 nitrogen and oxygen atoms in total. The maximum absolute atomic E-state index is 13.6. The van der Waals surface area contributed by atoms with Gasteiger partial charge in [0.25, 0.3) is 5.69 Å². The van der Waals surface area contributed by atoms with Gasteiger partial charge in [0.15, 0.2) is 0 Å². The Kier molecular flexibility index (Phi) is 6.11. The third-order valence-electron chi connectivity index (χ3n) is 7.36. The van der Waals surface area contributed by atoms with Crippen molar-refractivity contribution in [2.75, 3.05) is 10.2 Å². The van der Waals surface area contributed by atoms with E-state index < -0.39 is 33.3 Å². The second-order valence-electron chi connectivity index (χ2n) is 10.2. The molecule has 2 atom stereocenters. The van der Waals surface area contributed by atoms with Crippen LogP contribution in [0.5, 0.6) is 0 Å². The zero-order valence-corrected chi connectivity index (χ0v) is 23.0. The van der Waals surface area contributed by atoms with Crippen molar-refractivity contribution in [3.63, 3.8) is 0 Å². The van der Waals surface area contributed by atoms with Crippen molar-refractivity contribution in [1.82, 2.24) is 4.57 Å². The molecule has 6 rings (SSSR count). The number of nitro groups is 1. The number of benzene rings is 3. The van der Waals surface area contributed by atoms with Crippen LogP contribution in [-0.2, 0) is 26.3 Å². The van der Waals surface area contributed by atoms with Crippen molar-refractivity contribution in [3.8, 4) is 0 Å². The number of anilines is 2. The molecule has 1 aromatic heterocycles. The predicted octanol–water partition coefficient (Wildman–Crippen LogP) is 4.55. The number of imide groups is 1. The average molecular weight is 575 g/mol. The molecule has 0 spiro atoms. The van der Waals surface area contributed by atoms with Crippen molar-refractivity contribution in [1.29, 1.82) is 0 Å². The third kappa shape index (κ3) is 4.11. The van der Waals surface area contributed by atoms with Gasteiger partial charge >= 0.3 is 4.87 Å². The van der Waals surface area contributed by atoms with E-state index in [0.29, 0.717) is 15.6 Å². The number of nitrogens with one attached hydrogen (secondary N) is 1. The lowest BCUT2D eigenvalue weighted by molar-refractivity contribution is -0.384. The van der Waals surface area contributed by atoms with Crippen LogP contribution in [0.15, 0.2) is 76.6 Å². The van der Waals surface area contributed by atoms with Gasteiger partial charge in [-0.1, -0.05) is 67.3 Å². The minimum Gasteiger partial charge on any atom is -0.325 e. The number of nitro benzene ring substituents is 1. The van der Waals surface area contributed by atoms with E-state index in [1.807, 2.05) is 50.2 Å². The summed E-state index contributed by atoms with van der Waals surface area (Å²) in [6, 6.07) is 18.6. The Morgan fingerprint density at radius 1 is 1.00 bits per heavy atom. The van der Waals surface area contributed by atoms with Crippen molar-refractivity contribution in [3.05, 3.63) is 91.4 Å². The summed E-state index contributed by atoms with van der Waals surface area (Å²) in [4.78, 5) is 65.1.